The van der Waals surface area contributed by atoms with Gasteiger partial charge in [-0.05, 0) is 74.7 Å². The third-order valence-corrected chi connectivity index (χ3v) is 7.47. The minimum absolute atomic E-state index is 0.0246. The molecule has 3 aromatic carbocycles. The summed E-state index contributed by atoms with van der Waals surface area (Å²) < 4.78 is 13.4. The second-order valence-electron chi connectivity index (χ2n) is 10.3. The van der Waals surface area contributed by atoms with E-state index in [1.54, 1.807) is 12.1 Å². The van der Waals surface area contributed by atoms with E-state index in [-0.39, 0.29) is 35.6 Å². The van der Waals surface area contributed by atoms with E-state index in [0.717, 1.165) is 46.3 Å². The van der Waals surface area contributed by atoms with E-state index in [9.17, 15) is 14.0 Å². The maximum absolute atomic E-state index is 13.9. The van der Waals surface area contributed by atoms with Gasteiger partial charge in [-0.1, -0.05) is 30.3 Å². The monoisotopic (exact) mass is 482 g/mol. The lowest BCUT2D eigenvalue weighted by Crippen LogP contribution is -2.46. The standard InChI is InChI=1S/C29H27FN4O2/c1-29(2)26(31-27(35)19-8-9-19)25(18-6-4-3-5-7-18)34(28(29)36)21-14-15-22-23(16-21)32-33-24(22)17-10-12-20(30)13-11-17/h3-7,10-16,19,25-26H,8-9H2,1-2H3,(H,31,35)(H,32,33)/t25-,26-/m1/s1. The number of nitrogens with zero attached hydrogens (tertiary/aromatic N) is 2. The van der Waals surface area contributed by atoms with E-state index in [1.807, 2.05) is 67.3 Å². The fourth-order valence-corrected chi connectivity index (χ4v) is 5.24. The second kappa shape index (κ2) is 8.29. The van der Waals surface area contributed by atoms with Crippen LogP contribution in [0.3, 0.4) is 0 Å². The number of aromatic nitrogens is 2. The molecule has 36 heavy (non-hydrogen) atoms. The number of carbonyl (C=O) groups is 2. The summed E-state index contributed by atoms with van der Waals surface area (Å²) >= 11 is 0. The molecule has 2 atom stereocenters. The molecule has 2 N–H and O–H groups in total. The Hall–Kier alpha value is -4.00. The molecule has 6 rings (SSSR count). The third kappa shape index (κ3) is 3.66. The van der Waals surface area contributed by atoms with Crippen LogP contribution in [0.2, 0.25) is 0 Å². The number of hydrogen-bond acceptors (Lipinski definition) is 3. The summed E-state index contributed by atoms with van der Waals surface area (Å²) in [6.45, 7) is 3.81. The Morgan fingerprint density at radius 1 is 1.06 bits per heavy atom. The van der Waals surface area contributed by atoms with Gasteiger partial charge in [0.1, 0.15) is 5.82 Å². The molecule has 0 unspecified atom stereocenters. The Kier molecular flexibility index (Phi) is 5.18. The van der Waals surface area contributed by atoms with Gasteiger partial charge in [0.25, 0.3) is 0 Å². The predicted molar refractivity (Wildman–Crippen MR) is 137 cm³/mol. The van der Waals surface area contributed by atoms with Crippen molar-refractivity contribution in [3.8, 4) is 11.3 Å². The van der Waals surface area contributed by atoms with Crippen LogP contribution in [-0.4, -0.2) is 28.1 Å². The molecule has 1 aliphatic heterocycles. The van der Waals surface area contributed by atoms with E-state index in [4.69, 9.17) is 0 Å². The number of anilines is 1. The first kappa shape index (κ1) is 22.5. The second-order valence-corrected chi connectivity index (χ2v) is 10.3. The number of fused-ring (bicyclic) bond motifs is 1. The first-order valence-electron chi connectivity index (χ1n) is 12.3. The molecule has 7 heteroatoms. The molecular formula is C29H27FN4O2. The van der Waals surface area contributed by atoms with Crippen molar-refractivity contribution < 1.29 is 14.0 Å². The molecule has 0 bridgehead atoms. The van der Waals surface area contributed by atoms with Crippen molar-refractivity contribution in [2.75, 3.05) is 4.90 Å². The van der Waals surface area contributed by atoms with Crippen LogP contribution in [0, 0.1) is 17.2 Å². The van der Waals surface area contributed by atoms with Gasteiger partial charge in [-0.3, -0.25) is 14.7 Å². The van der Waals surface area contributed by atoms with Gasteiger partial charge in [-0.15, -0.1) is 0 Å². The highest BCUT2D eigenvalue weighted by Crippen LogP contribution is 2.47. The van der Waals surface area contributed by atoms with E-state index in [1.165, 1.54) is 12.1 Å². The number of nitrogens with one attached hydrogen (secondary N) is 2. The predicted octanol–water partition coefficient (Wildman–Crippen LogP) is 5.38. The molecule has 1 aliphatic carbocycles. The van der Waals surface area contributed by atoms with Crippen molar-refractivity contribution in [2.24, 2.45) is 11.3 Å². The maximum atomic E-state index is 13.9. The van der Waals surface area contributed by atoms with Gasteiger partial charge in [0.2, 0.25) is 11.8 Å². The average molecular weight is 483 g/mol. The fourth-order valence-electron chi connectivity index (χ4n) is 5.24. The molecule has 6 nitrogen and oxygen atoms in total. The fraction of sp³-hybridized carbons (Fsp3) is 0.276. The highest BCUT2D eigenvalue weighted by atomic mass is 19.1. The number of hydrogen-bond donors (Lipinski definition) is 2. The number of aromatic amines is 1. The zero-order valence-electron chi connectivity index (χ0n) is 20.2. The molecular weight excluding hydrogens is 455 g/mol. The number of halogens is 1. The molecule has 2 heterocycles. The zero-order chi connectivity index (χ0) is 25.0. The molecule has 2 amide bonds. The summed E-state index contributed by atoms with van der Waals surface area (Å²) in [6, 6.07) is 21.1. The maximum Gasteiger partial charge on any atom is 0.235 e. The molecule has 2 aliphatic rings. The van der Waals surface area contributed by atoms with E-state index in [0.29, 0.717) is 0 Å². The number of amides is 2. The molecule has 1 saturated carbocycles. The average Bonchev–Trinajstić information content (AvgIpc) is 3.62. The van der Waals surface area contributed by atoms with Crippen LogP contribution in [0.1, 0.15) is 38.3 Å². The van der Waals surface area contributed by atoms with Crippen LogP contribution in [0.5, 0.6) is 0 Å². The number of carbonyl (C=O) groups excluding carboxylic acids is 2. The van der Waals surface area contributed by atoms with E-state index >= 15 is 0 Å². The van der Waals surface area contributed by atoms with Crippen LogP contribution >= 0.6 is 0 Å². The summed E-state index contributed by atoms with van der Waals surface area (Å²) in [5.74, 6) is -0.273. The normalized spacial score (nSPS) is 21.2. The lowest BCUT2D eigenvalue weighted by molar-refractivity contribution is -0.126. The van der Waals surface area contributed by atoms with Gasteiger partial charge >= 0.3 is 0 Å². The molecule has 1 saturated heterocycles. The number of rotatable bonds is 5. The van der Waals surface area contributed by atoms with E-state index < -0.39 is 5.41 Å². The third-order valence-electron chi connectivity index (χ3n) is 7.47. The first-order chi connectivity index (χ1) is 17.3. The van der Waals surface area contributed by atoms with Crippen molar-refractivity contribution in [2.45, 2.75) is 38.8 Å². The SMILES string of the molecule is CC1(C)C(=O)N(c2ccc3c(-c4ccc(F)cc4)n[nH]c3c2)[C@H](c2ccccc2)[C@H]1NC(=O)C1CC1. The minimum atomic E-state index is -0.798. The molecule has 2 fully saturated rings. The number of benzene rings is 3. The van der Waals surface area contributed by atoms with Gasteiger partial charge in [-0.25, -0.2) is 4.39 Å². The minimum Gasteiger partial charge on any atom is -0.350 e. The van der Waals surface area contributed by atoms with Gasteiger partial charge in [-0.2, -0.15) is 5.10 Å². The Morgan fingerprint density at radius 2 is 1.78 bits per heavy atom. The lowest BCUT2D eigenvalue weighted by Gasteiger charge is -2.31. The molecule has 1 aromatic heterocycles. The van der Waals surface area contributed by atoms with Crippen molar-refractivity contribution in [3.05, 3.63) is 84.2 Å². The Bertz CT molecular complexity index is 1460. The Labute approximate surface area is 208 Å². The van der Waals surface area contributed by atoms with Crippen LogP contribution in [0.4, 0.5) is 10.1 Å². The van der Waals surface area contributed by atoms with Crippen LogP contribution < -0.4 is 10.2 Å². The quantitative estimate of drug-likeness (QED) is 0.401. The summed E-state index contributed by atoms with van der Waals surface area (Å²) in [6.07, 6.45) is 1.80. The van der Waals surface area contributed by atoms with E-state index in [2.05, 4.69) is 15.5 Å². The zero-order valence-corrected chi connectivity index (χ0v) is 20.2. The van der Waals surface area contributed by atoms with Crippen molar-refractivity contribution in [1.82, 2.24) is 15.5 Å². The summed E-state index contributed by atoms with van der Waals surface area (Å²) in [5, 5.41) is 11.6. The molecule has 0 spiro atoms. The summed E-state index contributed by atoms with van der Waals surface area (Å²) in [5.41, 5.74) is 3.20. The Morgan fingerprint density at radius 3 is 2.47 bits per heavy atom. The summed E-state index contributed by atoms with van der Waals surface area (Å²) in [7, 11) is 0. The van der Waals surface area contributed by atoms with Crippen LogP contribution in [0.15, 0.2) is 72.8 Å². The van der Waals surface area contributed by atoms with Crippen LogP contribution in [-0.2, 0) is 9.59 Å². The molecule has 4 aromatic rings. The van der Waals surface area contributed by atoms with Crippen molar-refractivity contribution in [1.29, 1.82) is 0 Å². The van der Waals surface area contributed by atoms with Gasteiger partial charge < -0.3 is 10.2 Å². The van der Waals surface area contributed by atoms with Gasteiger partial charge in [0, 0.05) is 22.6 Å². The highest BCUT2D eigenvalue weighted by molar-refractivity contribution is 6.04. The highest BCUT2D eigenvalue weighted by Gasteiger charge is 2.55. The van der Waals surface area contributed by atoms with Crippen LogP contribution in [0.25, 0.3) is 22.2 Å². The first-order valence-corrected chi connectivity index (χ1v) is 12.3. The van der Waals surface area contributed by atoms with Gasteiger partial charge in [0.15, 0.2) is 0 Å². The molecule has 0 radical (unpaired) electrons. The topological polar surface area (TPSA) is 78.1 Å². The van der Waals surface area contributed by atoms with Crippen molar-refractivity contribution >= 4 is 28.4 Å². The van der Waals surface area contributed by atoms with Gasteiger partial charge in [0.05, 0.1) is 28.7 Å². The lowest BCUT2D eigenvalue weighted by atomic mass is 9.82. The molecule has 182 valence electrons. The largest absolute Gasteiger partial charge is 0.350 e. The number of H-pyrrole nitrogens is 1. The van der Waals surface area contributed by atoms with Crippen molar-refractivity contribution in [3.63, 3.8) is 0 Å². The smallest absolute Gasteiger partial charge is 0.235 e. The summed E-state index contributed by atoms with van der Waals surface area (Å²) in [4.78, 5) is 28.5. The Balaban J connectivity index is 1.43.